The number of aryl methyl sites for hydroxylation is 1. The smallest absolute Gasteiger partial charge is 0.313 e. The number of aromatic amines is 2. The molecule has 0 aliphatic carbocycles. The molecule has 0 aromatic carbocycles. The predicted octanol–water partition coefficient (Wildman–Crippen LogP) is -1.18. The lowest BCUT2D eigenvalue weighted by Crippen LogP contribution is -2.35. The zero-order chi connectivity index (χ0) is 11.7. The standard InChI is InChI=1S/C9H8N4O3/c1-13-9(16)7(14)5(3-12-13)6-2-10-4-11-8(6)15/h2-4,12H,1H3,(H,10,11,15). The molecule has 0 unspecified atom stereocenters. The minimum Gasteiger partial charge on any atom is -0.313 e. The van der Waals surface area contributed by atoms with E-state index < -0.39 is 16.5 Å². The van der Waals surface area contributed by atoms with E-state index in [0.29, 0.717) is 0 Å². The Morgan fingerprint density at radius 3 is 2.69 bits per heavy atom. The first-order chi connectivity index (χ1) is 7.61. The van der Waals surface area contributed by atoms with E-state index in [0.717, 1.165) is 4.68 Å². The van der Waals surface area contributed by atoms with Crippen molar-refractivity contribution in [3.05, 3.63) is 49.7 Å². The Kier molecular flexibility index (Phi) is 2.28. The van der Waals surface area contributed by atoms with Crippen LogP contribution in [0, 0.1) is 0 Å². The van der Waals surface area contributed by atoms with Crippen molar-refractivity contribution in [2.45, 2.75) is 0 Å². The lowest BCUT2D eigenvalue weighted by atomic mass is 10.1. The first-order valence-electron chi connectivity index (χ1n) is 4.43. The molecule has 2 aromatic rings. The Labute approximate surface area is 88.4 Å². The maximum absolute atomic E-state index is 11.6. The molecule has 7 nitrogen and oxygen atoms in total. The van der Waals surface area contributed by atoms with Crippen molar-refractivity contribution in [1.82, 2.24) is 19.7 Å². The van der Waals surface area contributed by atoms with Crippen LogP contribution in [0.3, 0.4) is 0 Å². The summed E-state index contributed by atoms with van der Waals surface area (Å²) in [4.78, 5) is 40.4. The predicted molar refractivity (Wildman–Crippen MR) is 56.2 cm³/mol. The molecule has 0 radical (unpaired) electrons. The molecule has 7 heteroatoms. The molecule has 0 saturated heterocycles. The van der Waals surface area contributed by atoms with Crippen LogP contribution in [0.15, 0.2) is 33.1 Å². The lowest BCUT2D eigenvalue weighted by molar-refractivity contribution is 0.701. The monoisotopic (exact) mass is 220 g/mol. The average Bonchev–Trinajstić information content (AvgIpc) is 2.28. The number of H-pyrrole nitrogens is 2. The van der Waals surface area contributed by atoms with Gasteiger partial charge in [-0.3, -0.25) is 19.1 Å². The highest BCUT2D eigenvalue weighted by Gasteiger charge is 2.10. The van der Waals surface area contributed by atoms with E-state index in [9.17, 15) is 14.4 Å². The molecule has 0 bridgehead atoms. The number of nitrogens with zero attached hydrogens (tertiary/aromatic N) is 2. The second-order valence-corrected chi connectivity index (χ2v) is 3.17. The summed E-state index contributed by atoms with van der Waals surface area (Å²) in [6, 6.07) is 0. The summed E-state index contributed by atoms with van der Waals surface area (Å²) in [7, 11) is 1.42. The van der Waals surface area contributed by atoms with Gasteiger partial charge in [-0.25, -0.2) is 4.98 Å². The van der Waals surface area contributed by atoms with Crippen molar-refractivity contribution in [3.63, 3.8) is 0 Å². The molecule has 0 aliphatic heterocycles. The summed E-state index contributed by atoms with van der Waals surface area (Å²) in [6.45, 7) is 0. The first-order valence-corrected chi connectivity index (χ1v) is 4.43. The van der Waals surface area contributed by atoms with E-state index in [2.05, 4.69) is 15.1 Å². The minimum atomic E-state index is -0.736. The molecule has 0 spiro atoms. The Bertz CT molecular complexity index is 695. The van der Waals surface area contributed by atoms with Crippen LogP contribution in [0.4, 0.5) is 0 Å². The van der Waals surface area contributed by atoms with Gasteiger partial charge in [-0.15, -0.1) is 0 Å². The van der Waals surface area contributed by atoms with Gasteiger partial charge in [0.15, 0.2) is 0 Å². The van der Waals surface area contributed by atoms with E-state index in [1.54, 1.807) is 0 Å². The lowest BCUT2D eigenvalue weighted by Gasteiger charge is -2.00. The summed E-state index contributed by atoms with van der Waals surface area (Å²) in [5, 5.41) is 2.56. The molecule has 0 fully saturated rings. The highest BCUT2D eigenvalue weighted by atomic mass is 16.2. The molecule has 16 heavy (non-hydrogen) atoms. The van der Waals surface area contributed by atoms with Crippen LogP contribution < -0.4 is 16.5 Å². The maximum Gasteiger partial charge on any atom is 0.313 e. The number of hydrogen-bond acceptors (Lipinski definition) is 4. The van der Waals surface area contributed by atoms with Crippen LogP contribution >= 0.6 is 0 Å². The third kappa shape index (κ3) is 1.48. The molecule has 0 amide bonds. The summed E-state index contributed by atoms with van der Waals surface area (Å²) in [5.74, 6) is 0. The molecule has 2 rings (SSSR count). The largest absolute Gasteiger partial charge is 0.313 e. The van der Waals surface area contributed by atoms with Crippen molar-refractivity contribution in [3.8, 4) is 11.1 Å². The molecule has 0 saturated carbocycles. The second kappa shape index (κ2) is 3.61. The Morgan fingerprint density at radius 1 is 1.25 bits per heavy atom. The van der Waals surface area contributed by atoms with Gasteiger partial charge in [-0.05, 0) is 0 Å². The minimum absolute atomic E-state index is 0.0115. The summed E-state index contributed by atoms with van der Waals surface area (Å²) in [5.41, 5.74) is -1.84. The third-order valence-electron chi connectivity index (χ3n) is 2.15. The molecule has 2 aromatic heterocycles. The fraction of sp³-hybridized carbons (Fsp3) is 0.111. The Morgan fingerprint density at radius 2 is 2.00 bits per heavy atom. The fourth-order valence-electron chi connectivity index (χ4n) is 1.29. The molecule has 2 heterocycles. The van der Waals surface area contributed by atoms with Gasteiger partial charge in [0.1, 0.15) is 0 Å². The van der Waals surface area contributed by atoms with Gasteiger partial charge in [0.25, 0.3) is 11.0 Å². The van der Waals surface area contributed by atoms with Gasteiger partial charge in [0.05, 0.1) is 17.5 Å². The van der Waals surface area contributed by atoms with Crippen LogP contribution in [0.1, 0.15) is 0 Å². The number of hydrogen-bond donors (Lipinski definition) is 2. The molecule has 0 aliphatic rings. The van der Waals surface area contributed by atoms with E-state index >= 15 is 0 Å². The zero-order valence-corrected chi connectivity index (χ0v) is 8.35. The molecule has 82 valence electrons. The Hall–Kier alpha value is -2.44. The maximum atomic E-state index is 11.6. The summed E-state index contributed by atoms with van der Waals surface area (Å²) in [6.07, 6.45) is 3.75. The van der Waals surface area contributed by atoms with E-state index in [4.69, 9.17) is 0 Å². The van der Waals surface area contributed by atoms with Crippen LogP contribution in [0.2, 0.25) is 0 Å². The summed E-state index contributed by atoms with van der Waals surface area (Å²) >= 11 is 0. The fourth-order valence-corrected chi connectivity index (χ4v) is 1.29. The van der Waals surface area contributed by atoms with Crippen molar-refractivity contribution in [1.29, 1.82) is 0 Å². The zero-order valence-electron chi connectivity index (χ0n) is 8.35. The molecule has 2 N–H and O–H groups in total. The van der Waals surface area contributed by atoms with Gasteiger partial charge < -0.3 is 10.1 Å². The van der Waals surface area contributed by atoms with Gasteiger partial charge in [-0.2, -0.15) is 0 Å². The van der Waals surface area contributed by atoms with Gasteiger partial charge in [0.2, 0.25) is 0 Å². The van der Waals surface area contributed by atoms with Crippen LogP contribution in [0.25, 0.3) is 11.1 Å². The SMILES string of the molecule is Cn1[nH]cc(-c2cnc[nH]c2=O)c(=O)c1=O. The molecular formula is C9H8N4O3. The van der Waals surface area contributed by atoms with E-state index in [1.807, 2.05) is 0 Å². The molecular weight excluding hydrogens is 212 g/mol. The van der Waals surface area contributed by atoms with Crippen molar-refractivity contribution in [2.75, 3.05) is 0 Å². The normalized spacial score (nSPS) is 10.3. The van der Waals surface area contributed by atoms with E-state index in [-0.39, 0.29) is 11.1 Å². The van der Waals surface area contributed by atoms with Gasteiger partial charge in [0, 0.05) is 19.4 Å². The number of nitrogens with one attached hydrogen (secondary N) is 2. The van der Waals surface area contributed by atoms with Crippen LogP contribution in [0.5, 0.6) is 0 Å². The van der Waals surface area contributed by atoms with E-state index in [1.165, 1.54) is 25.8 Å². The van der Waals surface area contributed by atoms with Crippen molar-refractivity contribution >= 4 is 0 Å². The van der Waals surface area contributed by atoms with Crippen LogP contribution in [-0.4, -0.2) is 19.7 Å². The average molecular weight is 220 g/mol. The molecule has 0 atom stereocenters. The third-order valence-corrected chi connectivity index (χ3v) is 2.15. The highest BCUT2D eigenvalue weighted by molar-refractivity contribution is 5.59. The van der Waals surface area contributed by atoms with Crippen molar-refractivity contribution < 1.29 is 0 Å². The number of rotatable bonds is 1. The quantitative estimate of drug-likeness (QED) is 0.591. The van der Waals surface area contributed by atoms with Gasteiger partial charge >= 0.3 is 5.56 Å². The Balaban J connectivity index is 2.82. The van der Waals surface area contributed by atoms with Crippen LogP contribution in [-0.2, 0) is 7.05 Å². The second-order valence-electron chi connectivity index (χ2n) is 3.17. The van der Waals surface area contributed by atoms with Crippen molar-refractivity contribution in [2.24, 2.45) is 7.05 Å². The summed E-state index contributed by atoms with van der Waals surface area (Å²) < 4.78 is 1.04. The first kappa shape index (κ1) is 10.1. The highest BCUT2D eigenvalue weighted by Crippen LogP contribution is 2.03. The van der Waals surface area contributed by atoms with Gasteiger partial charge in [-0.1, -0.05) is 0 Å². The topological polar surface area (TPSA) is 101 Å². The number of aromatic nitrogens is 4.